The highest BCUT2D eigenvalue weighted by Crippen LogP contribution is 2.41. The second-order valence-corrected chi connectivity index (χ2v) is 14.9. The van der Waals surface area contributed by atoms with Gasteiger partial charge in [0, 0.05) is 61.8 Å². The summed E-state index contributed by atoms with van der Waals surface area (Å²) in [5.74, 6) is 1.31. The summed E-state index contributed by atoms with van der Waals surface area (Å²) in [5, 5.41) is 16.5. The molecule has 9 heteroatoms. The van der Waals surface area contributed by atoms with Crippen LogP contribution in [0.25, 0.3) is 27.8 Å². The molecule has 3 atom stereocenters. The molecule has 47 heavy (non-hydrogen) atoms. The number of pyridine rings is 1. The van der Waals surface area contributed by atoms with E-state index >= 15 is 0 Å². The van der Waals surface area contributed by atoms with E-state index in [-0.39, 0.29) is 29.9 Å². The average Bonchev–Trinajstić information content (AvgIpc) is 3.76. The first-order valence-corrected chi connectivity index (χ1v) is 18.0. The first-order valence-electron chi connectivity index (χ1n) is 18.0. The number of fused-ring (bicyclic) bond motifs is 2. The summed E-state index contributed by atoms with van der Waals surface area (Å²) in [6.45, 7) is 6.02. The summed E-state index contributed by atoms with van der Waals surface area (Å²) in [7, 11) is 0. The number of aromatic nitrogens is 3. The molecule has 4 aliphatic rings. The number of amides is 2. The fraction of sp³-hybridized carbons (Fsp3) is 0.553. The molecule has 2 aliphatic carbocycles. The van der Waals surface area contributed by atoms with Crippen molar-refractivity contribution in [3.63, 3.8) is 0 Å². The van der Waals surface area contributed by atoms with E-state index < -0.39 is 0 Å². The molecule has 2 aliphatic heterocycles. The number of para-hydroxylation sites is 1. The minimum Gasteiger partial charge on any atom is -0.393 e. The van der Waals surface area contributed by atoms with Gasteiger partial charge in [-0.25, -0.2) is 4.52 Å². The molecule has 248 valence electrons. The second-order valence-electron chi connectivity index (χ2n) is 14.9. The molecule has 4 fully saturated rings. The zero-order valence-corrected chi connectivity index (χ0v) is 27.6. The number of rotatable bonds is 6. The summed E-state index contributed by atoms with van der Waals surface area (Å²) in [6, 6.07) is 13.0. The van der Waals surface area contributed by atoms with E-state index in [2.05, 4.69) is 40.7 Å². The molecule has 0 spiro atoms. The second kappa shape index (κ2) is 12.4. The van der Waals surface area contributed by atoms with E-state index in [0.29, 0.717) is 30.4 Å². The Morgan fingerprint density at radius 1 is 0.957 bits per heavy atom. The van der Waals surface area contributed by atoms with Gasteiger partial charge in [-0.1, -0.05) is 24.6 Å². The van der Waals surface area contributed by atoms with Crippen LogP contribution in [0.15, 0.2) is 42.6 Å². The lowest BCUT2D eigenvalue weighted by Gasteiger charge is -2.36. The van der Waals surface area contributed by atoms with Crippen LogP contribution in [0.2, 0.25) is 0 Å². The topological polar surface area (TPSA) is 109 Å². The number of carbonyl (C=O) groups is 2. The minimum atomic E-state index is -0.332. The number of piperidine rings is 2. The van der Waals surface area contributed by atoms with Crippen LogP contribution in [-0.4, -0.2) is 79.2 Å². The van der Waals surface area contributed by atoms with Crippen molar-refractivity contribution in [1.29, 1.82) is 0 Å². The molecule has 2 saturated carbocycles. The van der Waals surface area contributed by atoms with E-state index in [9.17, 15) is 14.7 Å². The van der Waals surface area contributed by atoms with Gasteiger partial charge in [0.15, 0.2) is 0 Å². The van der Waals surface area contributed by atoms with E-state index in [4.69, 9.17) is 10.8 Å². The van der Waals surface area contributed by atoms with Crippen LogP contribution in [0, 0.1) is 18.8 Å². The quantitative estimate of drug-likeness (QED) is 0.291. The summed E-state index contributed by atoms with van der Waals surface area (Å²) >= 11 is 0. The van der Waals surface area contributed by atoms with Crippen molar-refractivity contribution in [2.24, 2.45) is 17.6 Å². The van der Waals surface area contributed by atoms with Crippen molar-refractivity contribution in [3.05, 3.63) is 59.3 Å². The van der Waals surface area contributed by atoms with E-state index in [1.54, 1.807) is 0 Å². The maximum absolute atomic E-state index is 13.4. The van der Waals surface area contributed by atoms with Crippen molar-refractivity contribution < 1.29 is 14.7 Å². The Kier molecular flexibility index (Phi) is 8.08. The number of carbonyl (C=O) groups excluding carboxylic acids is 2. The third kappa shape index (κ3) is 5.86. The standard InChI is InChI=1S/C38H48N6O3/c1-24-33-13-12-29(38(47)42-16-4-7-30(39)23-42)22-44(33)40-35(24)34-20-27-5-3-9-32(36(27)43(34)21-25-10-11-25)26-14-17-41(18-15-26)37(46)28-6-2-8-31(45)19-28/h3,5,9,12-13,20,22,25-26,28,30-31,45H,2,4,6-8,10-11,14-19,21,23,39H2,1H3/t28-,30?,31+/m0/s1. The highest BCUT2D eigenvalue weighted by molar-refractivity contribution is 5.95. The molecule has 3 N–H and O–H groups in total. The van der Waals surface area contributed by atoms with Gasteiger partial charge in [0.05, 0.1) is 28.4 Å². The largest absolute Gasteiger partial charge is 0.393 e. The normalized spacial score (nSPS) is 24.4. The SMILES string of the molecule is Cc1c(-c2cc3cccc(C4CCN(C(=O)[C@H]5CCC[C@@H](O)C5)CC4)c3n2CC2CC2)nn2cc(C(=O)N3CCCC(N)C3)ccc12. The smallest absolute Gasteiger partial charge is 0.255 e. The molecule has 8 rings (SSSR count). The van der Waals surface area contributed by atoms with Crippen LogP contribution in [0.1, 0.15) is 91.6 Å². The number of aliphatic hydroxyl groups is 1. The van der Waals surface area contributed by atoms with Crippen LogP contribution in [0.5, 0.6) is 0 Å². The van der Waals surface area contributed by atoms with Gasteiger partial charge in [-0.2, -0.15) is 5.10 Å². The molecule has 3 aromatic heterocycles. The highest BCUT2D eigenvalue weighted by Gasteiger charge is 2.33. The van der Waals surface area contributed by atoms with Gasteiger partial charge in [-0.05, 0) is 100 Å². The van der Waals surface area contributed by atoms with Crippen molar-refractivity contribution in [1.82, 2.24) is 24.0 Å². The molecule has 2 saturated heterocycles. The maximum Gasteiger partial charge on any atom is 0.255 e. The van der Waals surface area contributed by atoms with E-state index in [1.165, 1.54) is 29.3 Å². The first-order chi connectivity index (χ1) is 22.8. The van der Waals surface area contributed by atoms with Gasteiger partial charge in [-0.15, -0.1) is 0 Å². The Hall–Kier alpha value is -3.69. The van der Waals surface area contributed by atoms with Crippen molar-refractivity contribution in [2.45, 2.75) is 95.7 Å². The Morgan fingerprint density at radius 3 is 2.55 bits per heavy atom. The Bertz CT molecular complexity index is 1810. The number of aliphatic hydroxyl groups excluding tert-OH is 1. The van der Waals surface area contributed by atoms with Crippen LogP contribution in [0.3, 0.4) is 0 Å². The molecule has 1 aromatic carbocycles. The number of nitrogens with zero attached hydrogens (tertiary/aromatic N) is 5. The van der Waals surface area contributed by atoms with Gasteiger partial charge in [0.2, 0.25) is 5.91 Å². The fourth-order valence-electron chi connectivity index (χ4n) is 8.60. The number of hydrogen-bond donors (Lipinski definition) is 2. The third-order valence-electron chi connectivity index (χ3n) is 11.4. The van der Waals surface area contributed by atoms with Gasteiger partial charge in [0.1, 0.15) is 5.69 Å². The van der Waals surface area contributed by atoms with Gasteiger partial charge in [-0.3, -0.25) is 9.59 Å². The maximum atomic E-state index is 13.4. The molecule has 9 nitrogen and oxygen atoms in total. The lowest BCUT2D eigenvalue weighted by molar-refractivity contribution is -0.139. The third-order valence-corrected chi connectivity index (χ3v) is 11.4. The van der Waals surface area contributed by atoms with E-state index in [1.807, 2.05) is 27.7 Å². The fourth-order valence-corrected chi connectivity index (χ4v) is 8.60. The molecule has 2 amide bonds. The lowest BCUT2D eigenvalue weighted by Crippen LogP contribution is -2.45. The van der Waals surface area contributed by atoms with Gasteiger partial charge < -0.3 is 25.2 Å². The Morgan fingerprint density at radius 2 is 1.79 bits per heavy atom. The van der Waals surface area contributed by atoms with Crippen LogP contribution in [-0.2, 0) is 11.3 Å². The monoisotopic (exact) mass is 636 g/mol. The number of benzene rings is 1. The average molecular weight is 637 g/mol. The van der Waals surface area contributed by atoms with Gasteiger partial charge >= 0.3 is 0 Å². The molecule has 4 aromatic rings. The number of likely N-dealkylation sites (tertiary alicyclic amines) is 2. The predicted octanol–water partition coefficient (Wildman–Crippen LogP) is 5.49. The molecule has 1 unspecified atom stereocenters. The van der Waals surface area contributed by atoms with Crippen molar-refractivity contribution in [3.8, 4) is 11.4 Å². The van der Waals surface area contributed by atoms with Gasteiger partial charge in [0.25, 0.3) is 5.91 Å². The molecular weight excluding hydrogens is 588 g/mol. The Labute approximate surface area is 276 Å². The van der Waals surface area contributed by atoms with Crippen LogP contribution < -0.4 is 5.73 Å². The molecule has 0 radical (unpaired) electrons. The lowest BCUT2D eigenvalue weighted by atomic mass is 9.84. The summed E-state index contributed by atoms with van der Waals surface area (Å²) in [4.78, 5) is 30.7. The highest BCUT2D eigenvalue weighted by atomic mass is 16.3. The Balaban J connectivity index is 1.10. The van der Waals surface area contributed by atoms with Crippen molar-refractivity contribution in [2.75, 3.05) is 26.2 Å². The predicted molar refractivity (Wildman–Crippen MR) is 183 cm³/mol. The molecule has 0 bridgehead atoms. The first kappa shape index (κ1) is 30.6. The summed E-state index contributed by atoms with van der Waals surface area (Å²) < 4.78 is 4.42. The zero-order valence-electron chi connectivity index (χ0n) is 27.6. The number of aryl methyl sites for hydroxylation is 1. The summed E-state index contributed by atoms with van der Waals surface area (Å²) in [5.41, 5.74) is 13.7. The number of hydrogen-bond acceptors (Lipinski definition) is 5. The summed E-state index contributed by atoms with van der Waals surface area (Å²) in [6.07, 6.45) is 11.2. The number of nitrogens with two attached hydrogens (primary N) is 1. The minimum absolute atomic E-state index is 0.0216. The van der Waals surface area contributed by atoms with Crippen molar-refractivity contribution >= 4 is 28.2 Å². The van der Waals surface area contributed by atoms with Crippen LogP contribution >= 0.6 is 0 Å². The van der Waals surface area contributed by atoms with E-state index in [0.717, 1.165) is 93.6 Å². The molecular formula is C38H48N6O3. The van der Waals surface area contributed by atoms with Crippen LogP contribution in [0.4, 0.5) is 0 Å². The zero-order chi connectivity index (χ0) is 32.2. The molecule has 5 heterocycles.